The van der Waals surface area contributed by atoms with Crippen LogP contribution in [0.2, 0.25) is 0 Å². The minimum Gasteiger partial charge on any atom is -0.168 e. The van der Waals surface area contributed by atoms with Gasteiger partial charge in [-0.15, -0.1) is 0 Å². The predicted octanol–water partition coefficient (Wildman–Crippen LogP) is 1.11. The fraction of sp³-hybridized carbons (Fsp3) is 1.00. The quantitative estimate of drug-likeness (QED) is 0.497. The number of rotatable bonds is 3. The third-order valence-corrected chi connectivity index (χ3v) is 1.97. The monoisotopic (exact) mass is 116 g/mol. The Balaban J connectivity index is 2.68. The van der Waals surface area contributed by atoms with E-state index in [0.29, 0.717) is 0 Å². The van der Waals surface area contributed by atoms with Crippen LogP contribution in [0.25, 0.3) is 0 Å². The van der Waals surface area contributed by atoms with Gasteiger partial charge in [-0.1, -0.05) is 13.8 Å². The van der Waals surface area contributed by atoms with E-state index < -0.39 is 0 Å². The summed E-state index contributed by atoms with van der Waals surface area (Å²) in [5, 5.41) is 0.819. The predicted molar refractivity (Wildman–Crippen MR) is 40.8 cm³/mol. The maximum absolute atomic E-state index is 2.24. The highest BCUT2D eigenvalue weighted by molar-refractivity contribution is 8.00. The van der Waals surface area contributed by atoms with Crippen LogP contribution < -0.4 is 0 Å². The fourth-order valence-electron chi connectivity index (χ4n) is 0.354. The van der Waals surface area contributed by atoms with Crippen molar-refractivity contribution in [2.24, 2.45) is 0 Å². The Kier molecular flexibility index (Phi) is 4.84. The molecule has 2 heteroatoms. The lowest BCUT2D eigenvalue weighted by Crippen LogP contribution is -1.93. The van der Waals surface area contributed by atoms with Gasteiger partial charge in [0.05, 0.1) is 0 Å². The SMILES string of the molecule is BC(C)SCCC. The lowest BCUT2D eigenvalue weighted by atomic mass is 10.1. The first-order chi connectivity index (χ1) is 3.27. The van der Waals surface area contributed by atoms with Gasteiger partial charge in [0.2, 0.25) is 0 Å². The van der Waals surface area contributed by atoms with Crippen LogP contribution in [-0.2, 0) is 0 Å². The topological polar surface area (TPSA) is 0 Å². The average Bonchev–Trinajstić information content (AvgIpc) is 1.61. The van der Waals surface area contributed by atoms with Gasteiger partial charge in [-0.05, 0) is 17.3 Å². The Morgan fingerprint density at radius 1 is 1.71 bits per heavy atom. The van der Waals surface area contributed by atoms with Gasteiger partial charge in [-0.25, -0.2) is 0 Å². The summed E-state index contributed by atoms with van der Waals surface area (Å²) in [6.45, 7) is 4.45. The van der Waals surface area contributed by atoms with Crippen LogP contribution in [0.1, 0.15) is 20.3 Å². The first kappa shape index (κ1) is 7.41. The molecule has 0 saturated carbocycles. The van der Waals surface area contributed by atoms with Crippen molar-refractivity contribution in [3.8, 4) is 0 Å². The molecule has 0 aromatic rings. The van der Waals surface area contributed by atoms with Gasteiger partial charge in [0, 0.05) is 0 Å². The van der Waals surface area contributed by atoms with Gasteiger partial charge in [0.25, 0.3) is 0 Å². The molecule has 0 aliphatic heterocycles. The zero-order valence-electron chi connectivity index (χ0n) is 5.40. The molecule has 7 heavy (non-hydrogen) atoms. The molecular weight excluding hydrogens is 103 g/mol. The van der Waals surface area contributed by atoms with Crippen molar-refractivity contribution in [1.29, 1.82) is 0 Å². The van der Waals surface area contributed by atoms with Gasteiger partial charge in [0.15, 0.2) is 0 Å². The van der Waals surface area contributed by atoms with E-state index in [1.54, 1.807) is 0 Å². The van der Waals surface area contributed by atoms with Crippen LogP contribution in [0.15, 0.2) is 0 Å². The molecule has 0 radical (unpaired) electrons. The molecule has 0 N–H and O–H groups in total. The van der Waals surface area contributed by atoms with Crippen molar-refractivity contribution in [3.05, 3.63) is 0 Å². The molecule has 0 aromatic heterocycles. The van der Waals surface area contributed by atoms with Gasteiger partial charge >= 0.3 is 0 Å². The lowest BCUT2D eigenvalue weighted by Gasteiger charge is -1.99. The van der Waals surface area contributed by atoms with E-state index in [0.717, 1.165) is 5.15 Å². The molecule has 0 saturated heterocycles. The summed E-state index contributed by atoms with van der Waals surface area (Å²) in [5.74, 6) is 1.32. The van der Waals surface area contributed by atoms with Crippen LogP contribution in [0.5, 0.6) is 0 Å². The molecule has 0 bridgehead atoms. The van der Waals surface area contributed by atoms with Crippen LogP contribution >= 0.6 is 11.8 Å². The van der Waals surface area contributed by atoms with Crippen LogP contribution in [0.4, 0.5) is 0 Å². The molecule has 0 heterocycles. The standard InChI is InChI=1S/C5H13BS/c1-3-4-7-5(2)6/h5H,3-4,6H2,1-2H3. The highest BCUT2D eigenvalue weighted by Gasteiger charge is 1.89. The van der Waals surface area contributed by atoms with Gasteiger partial charge < -0.3 is 0 Å². The highest BCUT2D eigenvalue weighted by atomic mass is 32.2. The Bertz CT molecular complexity index is 37.1. The summed E-state index contributed by atoms with van der Waals surface area (Å²) in [5.41, 5.74) is 0. The van der Waals surface area contributed by atoms with E-state index in [1.807, 2.05) is 11.8 Å². The molecule has 0 aliphatic carbocycles. The van der Waals surface area contributed by atoms with Crippen molar-refractivity contribution >= 4 is 19.6 Å². The number of hydrogen-bond acceptors (Lipinski definition) is 1. The summed E-state index contributed by atoms with van der Waals surface area (Å²) >= 11 is 2.03. The van der Waals surface area contributed by atoms with Crippen molar-refractivity contribution < 1.29 is 0 Å². The second-order valence-electron chi connectivity index (χ2n) is 1.92. The van der Waals surface area contributed by atoms with Gasteiger partial charge in [-0.3, -0.25) is 0 Å². The number of thioether (sulfide) groups is 1. The molecule has 42 valence electrons. The molecule has 0 spiro atoms. The smallest absolute Gasteiger partial charge is 0.118 e. The Morgan fingerprint density at radius 2 is 2.29 bits per heavy atom. The summed E-state index contributed by atoms with van der Waals surface area (Å²) in [6.07, 6.45) is 1.31. The third kappa shape index (κ3) is 6.41. The first-order valence-corrected chi connectivity index (χ1v) is 3.93. The normalized spacial score (nSPS) is 14.0. The zero-order chi connectivity index (χ0) is 5.70. The van der Waals surface area contributed by atoms with E-state index in [-0.39, 0.29) is 0 Å². The Labute approximate surface area is 51.5 Å². The van der Waals surface area contributed by atoms with Crippen molar-refractivity contribution in [2.45, 2.75) is 25.4 Å². The lowest BCUT2D eigenvalue weighted by molar-refractivity contribution is 1.10. The van der Waals surface area contributed by atoms with E-state index in [2.05, 4.69) is 21.7 Å². The Hall–Kier alpha value is 0.415. The minimum absolute atomic E-state index is 0.819. The van der Waals surface area contributed by atoms with Crippen LogP contribution in [-0.4, -0.2) is 18.7 Å². The number of hydrogen-bond donors (Lipinski definition) is 0. The molecular formula is C5H13BS. The van der Waals surface area contributed by atoms with Crippen molar-refractivity contribution in [3.63, 3.8) is 0 Å². The second kappa shape index (κ2) is 4.57. The average molecular weight is 116 g/mol. The third-order valence-electron chi connectivity index (χ3n) is 0.655. The van der Waals surface area contributed by atoms with Crippen molar-refractivity contribution in [1.82, 2.24) is 0 Å². The van der Waals surface area contributed by atoms with E-state index in [9.17, 15) is 0 Å². The van der Waals surface area contributed by atoms with Gasteiger partial charge in [-0.2, -0.15) is 11.8 Å². The van der Waals surface area contributed by atoms with Crippen LogP contribution in [0.3, 0.4) is 0 Å². The molecule has 1 atom stereocenters. The minimum atomic E-state index is 0.819. The molecule has 1 unspecified atom stereocenters. The molecule has 0 amide bonds. The first-order valence-electron chi connectivity index (χ1n) is 2.89. The van der Waals surface area contributed by atoms with Gasteiger partial charge in [0.1, 0.15) is 7.85 Å². The summed E-state index contributed by atoms with van der Waals surface area (Å²) < 4.78 is 0. The summed E-state index contributed by atoms with van der Waals surface area (Å²) in [6, 6.07) is 0. The molecule has 0 aromatic carbocycles. The van der Waals surface area contributed by atoms with Crippen LogP contribution in [0, 0.1) is 0 Å². The summed E-state index contributed by atoms with van der Waals surface area (Å²) in [7, 11) is 2.24. The van der Waals surface area contributed by atoms with E-state index in [1.165, 1.54) is 12.2 Å². The maximum Gasteiger partial charge on any atom is 0.118 e. The second-order valence-corrected chi connectivity index (χ2v) is 3.60. The molecule has 0 rings (SSSR count). The van der Waals surface area contributed by atoms with E-state index in [4.69, 9.17) is 0 Å². The summed E-state index contributed by atoms with van der Waals surface area (Å²) in [4.78, 5) is 0. The van der Waals surface area contributed by atoms with E-state index >= 15 is 0 Å². The highest BCUT2D eigenvalue weighted by Crippen LogP contribution is 2.06. The maximum atomic E-state index is 2.24. The molecule has 0 nitrogen and oxygen atoms in total. The molecule has 0 aliphatic rings. The van der Waals surface area contributed by atoms with Crippen molar-refractivity contribution in [2.75, 3.05) is 5.75 Å². The fourth-order valence-corrected chi connectivity index (χ4v) is 1.06. The molecule has 0 fully saturated rings. The largest absolute Gasteiger partial charge is 0.168 e. The zero-order valence-corrected chi connectivity index (χ0v) is 6.22. The Morgan fingerprint density at radius 3 is 2.43 bits per heavy atom.